The molecule has 1 aliphatic carbocycles. The molecule has 27 heteroatoms. The number of anilines is 1. The first-order valence-electron chi connectivity index (χ1n) is 31.7. The second-order valence-corrected chi connectivity index (χ2v) is 25.5. The molecule has 2 aliphatic rings. The Hall–Kier alpha value is -7.80. The highest BCUT2D eigenvalue weighted by atomic mass is 32.1. The lowest BCUT2D eigenvalue weighted by molar-refractivity contribution is -0.213. The fraction of sp³-hybridized carbons (Fsp3) is 0.631. The van der Waals surface area contributed by atoms with Crippen LogP contribution in [0.4, 0.5) is 5.69 Å². The fourth-order valence-electron chi connectivity index (χ4n) is 10.5. The Morgan fingerprint density at radius 3 is 2.15 bits per heavy atom. The number of carboxylic acids is 2. The quantitative estimate of drug-likeness (QED) is 0.0139. The Balaban J connectivity index is 1.43. The van der Waals surface area contributed by atoms with Crippen LogP contribution in [0.1, 0.15) is 179 Å². The van der Waals surface area contributed by atoms with Crippen LogP contribution in [0.25, 0.3) is 0 Å². The molecule has 508 valence electrons. The molecule has 0 radical (unpaired) electrons. The molecule has 0 bridgehead atoms. The molecule has 1 saturated heterocycles. The number of piperidine rings is 1. The van der Waals surface area contributed by atoms with E-state index in [4.69, 9.17) is 20.7 Å². The maximum atomic E-state index is 14.9. The number of nitrogens with one attached hydrogen (secondary N) is 7. The largest absolute Gasteiger partial charge is 0.481 e. The normalized spacial score (nSPS) is 17.2. The number of hydrogen-bond acceptors (Lipinski definition) is 17. The van der Waals surface area contributed by atoms with E-state index in [0.29, 0.717) is 31.2 Å². The van der Waals surface area contributed by atoms with Gasteiger partial charge in [-0.05, 0) is 127 Å². The molecule has 1 aromatic heterocycles. The molecule has 8 amide bonds. The van der Waals surface area contributed by atoms with Crippen LogP contribution in [0.15, 0.2) is 41.3 Å². The van der Waals surface area contributed by atoms with Gasteiger partial charge in [-0.1, -0.05) is 71.6 Å². The number of carboxylic acid groups (broad SMARTS) is 2. The lowest BCUT2D eigenvalue weighted by Gasteiger charge is -2.39. The Morgan fingerprint density at radius 2 is 1.53 bits per heavy atom. The third-order valence-corrected chi connectivity index (χ3v) is 17.1. The van der Waals surface area contributed by atoms with E-state index >= 15 is 0 Å². The summed E-state index contributed by atoms with van der Waals surface area (Å²) in [5, 5.41) is 40.7. The summed E-state index contributed by atoms with van der Waals surface area (Å²) in [6, 6.07) is 1.98. The molecule has 1 aliphatic heterocycles. The highest BCUT2D eigenvalue weighted by Crippen LogP contribution is 2.33. The average Bonchev–Trinajstić information content (AvgIpc) is 1.29. The van der Waals surface area contributed by atoms with E-state index < -0.39 is 127 Å². The standard InChI is InChI=1S/C65H96N10O16S/c1-11-13-20-31-90-75(63(86)58(41(5)12-2)73-61(85)49-22-18-19-30-74(49)10)50(40(3)4)33-52(91-43(7)76)62-72-48(39-92-62)60(84)70-46(34-65(8,9)64(87)88)32-44-24-26-45(27-25-44)69-59(83)47(28-29-57(81)82)71-55(79)37-67-53(77)35-66-54(78)36-68-56(80)38-89-51-23-17-15-14-16-21-42(51)6/h1,21,24-27,39-41,46-47,49-52,58H,12-20,22-23,28-38H2,2-10H3,(H,66,78)(H,67,77)(H,68,80)(H,69,83)(H,70,84)(H,71,79)(H,73,85)(H,81,82)(H,87,88)/t41-,46-,47-,49+,50+,51?,52+,58-/m0/s1. The van der Waals surface area contributed by atoms with E-state index in [1.54, 1.807) is 12.1 Å². The summed E-state index contributed by atoms with van der Waals surface area (Å²) in [5.74, 6) is -6.03. The molecule has 1 fully saturated rings. The molecule has 9 N–H and O–H groups in total. The first kappa shape index (κ1) is 76.7. The van der Waals surface area contributed by atoms with Gasteiger partial charge >= 0.3 is 17.9 Å². The molecule has 26 nitrogen and oxygen atoms in total. The third-order valence-electron chi connectivity index (χ3n) is 16.2. The number of carbonyl (C=O) groups excluding carboxylic acids is 9. The number of terminal acetylenes is 1. The topological polar surface area (TPSA) is 359 Å². The number of aliphatic carboxylic acids is 2. The third kappa shape index (κ3) is 26.4. The smallest absolute Gasteiger partial charge is 0.309 e. The number of hydroxylamine groups is 2. The van der Waals surface area contributed by atoms with Crippen LogP contribution >= 0.6 is 11.3 Å². The van der Waals surface area contributed by atoms with Gasteiger partial charge in [-0.2, -0.15) is 0 Å². The van der Waals surface area contributed by atoms with Crippen LogP contribution in [0, 0.1) is 29.6 Å². The zero-order valence-corrected chi connectivity index (χ0v) is 55.5. The van der Waals surface area contributed by atoms with Gasteiger partial charge in [-0.15, -0.1) is 23.7 Å². The van der Waals surface area contributed by atoms with Crippen LogP contribution in [-0.4, -0.2) is 173 Å². The summed E-state index contributed by atoms with van der Waals surface area (Å²) < 4.78 is 11.6. The lowest BCUT2D eigenvalue weighted by atomic mass is 9.84. The van der Waals surface area contributed by atoms with E-state index in [0.717, 1.165) is 68.4 Å². The van der Waals surface area contributed by atoms with E-state index in [1.807, 2.05) is 46.6 Å². The van der Waals surface area contributed by atoms with Crippen LogP contribution < -0.4 is 37.2 Å². The fourth-order valence-corrected chi connectivity index (χ4v) is 11.4. The minimum absolute atomic E-state index is 0.0207. The van der Waals surface area contributed by atoms with Crippen LogP contribution in [-0.2, 0) is 68.7 Å². The Labute approximate surface area is 543 Å². The second-order valence-electron chi connectivity index (χ2n) is 24.6. The monoisotopic (exact) mass is 1300 g/mol. The SMILES string of the molecule is C#CCCCON(C(=O)[C@@H](NC(=O)[C@H]1CCCCN1C)[C@@H](C)CC)[C@H](C[C@@H](OC(C)=O)c1nc(C(=O)N[C@@H](Cc2ccc(NC(=O)[C@H](CCC(=O)O)NC(=O)CNC(=O)CNC(=O)CNC(=O)COC3CCCCCC=C3C)cc2)CC(C)(C)C(=O)O)cs1)C(C)C. The number of carbonyl (C=O) groups is 11. The summed E-state index contributed by atoms with van der Waals surface area (Å²) in [6.07, 6.45) is 14.3. The average molecular weight is 1310 g/mol. The minimum atomic E-state index is -1.37. The van der Waals surface area contributed by atoms with Crippen LogP contribution in [0.2, 0.25) is 0 Å². The number of nitrogens with zero attached hydrogens (tertiary/aromatic N) is 3. The van der Waals surface area contributed by atoms with Crippen molar-refractivity contribution >= 4 is 82.2 Å². The molecule has 1 aromatic carbocycles. The van der Waals surface area contributed by atoms with Crippen molar-refractivity contribution in [2.45, 2.75) is 201 Å². The van der Waals surface area contributed by atoms with Gasteiger partial charge in [0.05, 0.1) is 49.8 Å². The van der Waals surface area contributed by atoms with Gasteiger partial charge in [-0.25, -0.2) is 10.0 Å². The van der Waals surface area contributed by atoms with E-state index in [2.05, 4.69) is 54.2 Å². The number of amides is 8. The van der Waals surface area contributed by atoms with Gasteiger partial charge in [0.1, 0.15) is 29.4 Å². The Morgan fingerprint density at radius 1 is 0.870 bits per heavy atom. The highest BCUT2D eigenvalue weighted by molar-refractivity contribution is 7.09. The summed E-state index contributed by atoms with van der Waals surface area (Å²) in [4.78, 5) is 156. The predicted molar refractivity (Wildman–Crippen MR) is 343 cm³/mol. The molecule has 0 spiro atoms. The molecule has 8 atom stereocenters. The van der Waals surface area contributed by atoms with E-state index in [1.165, 1.54) is 43.3 Å². The zero-order chi connectivity index (χ0) is 68.1. The van der Waals surface area contributed by atoms with Crippen molar-refractivity contribution in [3.63, 3.8) is 0 Å². The highest BCUT2D eigenvalue weighted by Gasteiger charge is 2.40. The summed E-state index contributed by atoms with van der Waals surface area (Å²) in [7, 11) is 1.89. The van der Waals surface area contributed by atoms with Gasteiger partial charge < -0.3 is 56.9 Å². The van der Waals surface area contributed by atoms with Crippen molar-refractivity contribution in [2.24, 2.45) is 17.3 Å². The summed E-state index contributed by atoms with van der Waals surface area (Å²) in [5.41, 5.74) is 0.498. The molecule has 2 heterocycles. The number of benzene rings is 1. The Bertz CT molecular complexity index is 2910. The summed E-state index contributed by atoms with van der Waals surface area (Å²) in [6.45, 7) is 12.8. The first-order valence-corrected chi connectivity index (χ1v) is 32.6. The number of ether oxygens (including phenoxy) is 2. The summed E-state index contributed by atoms with van der Waals surface area (Å²) >= 11 is 1.04. The van der Waals surface area contributed by atoms with Crippen molar-refractivity contribution in [3.8, 4) is 12.3 Å². The van der Waals surface area contributed by atoms with Gasteiger partial charge in [0.15, 0.2) is 6.10 Å². The van der Waals surface area contributed by atoms with Crippen LogP contribution in [0.3, 0.4) is 0 Å². The van der Waals surface area contributed by atoms with Gasteiger partial charge in [0.25, 0.3) is 11.8 Å². The van der Waals surface area contributed by atoms with Gasteiger partial charge in [0.2, 0.25) is 35.4 Å². The van der Waals surface area contributed by atoms with Gasteiger partial charge in [-0.3, -0.25) is 62.5 Å². The second kappa shape index (κ2) is 38.9. The molecule has 92 heavy (non-hydrogen) atoms. The van der Waals surface area contributed by atoms with Crippen molar-refractivity contribution in [1.29, 1.82) is 0 Å². The van der Waals surface area contributed by atoms with Crippen molar-refractivity contribution < 1.29 is 77.3 Å². The number of aromatic nitrogens is 1. The van der Waals surface area contributed by atoms with Crippen LogP contribution in [0.5, 0.6) is 0 Å². The number of allylic oxidation sites excluding steroid dienone is 1. The number of thiazole rings is 1. The van der Waals surface area contributed by atoms with Gasteiger partial charge in [0, 0.05) is 43.3 Å². The lowest BCUT2D eigenvalue weighted by Crippen LogP contribution is -2.58. The van der Waals surface area contributed by atoms with Crippen molar-refractivity contribution in [3.05, 3.63) is 57.6 Å². The Kier molecular flexibility index (Phi) is 32.4. The molecule has 0 saturated carbocycles. The minimum Gasteiger partial charge on any atom is -0.481 e. The van der Waals surface area contributed by atoms with Crippen molar-refractivity contribution in [2.75, 3.05) is 51.8 Å². The molecule has 1 unspecified atom stereocenters. The number of likely N-dealkylation sites (tertiary alicyclic amines) is 1. The number of esters is 1. The molecular formula is C65H96N10O16S. The molecule has 2 aromatic rings. The number of hydrogen-bond donors (Lipinski definition) is 9. The van der Waals surface area contributed by atoms with E-state index in [9.17, 15) is 63.0 Å². The number of rotatable bonds is 37. The molecule has 4 rings (SSSR count). The maximum Gasteiger partial charge on any atom is 0.309 e. The maximum absolute atomic E-state index is 14.9. The number of unbranched alkanes of at least 4 members (excludes halogenated alkanes) is 1. The zero-order valence-electron chi connectivity index (χ0n) is 54.7. The van der Waals surface area contributed by atoms with E-state index in [-0.39, 0.29) is 79.1 Å². The molecular weight excluding hydrogens is 1210 g/mol. The predicted octanol–water partition coefficient (Wildman–Crippen LogP) is 5.13. The first-order chi connectivity index (χ1) is 43.6. The van der Waals surface area contributed by atoms with Crippen molar-refractivity contribution in [1.82, 2.24) is 46.8 Å². The number of likely N-dealkylation sites (N-methyl/N-ethyl adjacent to an activating group) is 1.